The highest BCUT2D eigenvalue weighted by Crippen LogP contribution is 2.44. The van der Waals surface area contributed by atoms with Crippen molar-refractivity contribution in [3.05, 3.63) is 227 Å². The highest BCUT2D eigenvalue weighted by molar-refractivity contribution is 9.11. The third-order valence-corrected chi connectivity index (χ3v) is 23.4. The molecular weight excluding hydrogens is 1980 g/mol. The van der Waals surface area contributed by atoms with Gasteiger partial charge in [0.15, 0.2) is 0 Å². The van der Waals surface area contributed by atoms with E-state index in [-0.39, 0.29) is 75.6 Å². The van der Waals surface area contributed by atoms with E-state index in [2.05, 4.69) is 98.6 Å². The van der Waals surface area contributed by atoms with Crippen LogP contribution in [0.15, 0.2) is 109 Å². The van der Waals surface area contributed by atoms with Gasteiger partial charge in [-0.05, 0) is 233 Å². The van der Waals surface area contributed by atoms with Crippen LogP contribution >= 0.6 is 79.6 Å². The normalized spacial score (nSPS) is 15.2. The quantitative estimate of drug-likeness (QED) is 0.0258. The van der Waals surface area contributed by atoms with Crippen LogP contribution in [0, 0.1) is 61.5 Å². The Bertz CT molecular complexity index is 5040. The van der Waals surface area contributed by atoms with E-state index in [4.69, 9.17) is 57.4 Å². The van der Waals surface area contributed by atoms with Gasteiger partial charge in [0.25, 0.3) is 0 Å². The maximum Gasteiger partial charge on any atom is 0.495 e. The summed E-state index contributed by atoms with van der Waals surface area (Å²) in [6.07, 6.45) is 0. The summed E-state index contributed by atoms with van der Waals surface area (Å²) in [6.45, 7) is 31.3. The van der Waals surface area contributed by atoms with E-state index in [0.717, 1.165) is 35.4 Å². The molecule has 7 aromatic carbocycles. The minimum Gasteiger partial charge on any atom is -0.478 e. The molecule has 4 aliphatic rings. The lowest BCUT2D eigenvalue weighted by atomic mass is 9.49. The first-order chi connectivity index (χ1) is 57.2. The molecule has 0 bridgehead atoms. The third kappa shape index (κ3) is 29.1. The zero-order valence-electron chi connectivity index (χ0n) is 71.1. The van der Waals surface area contributed by atoms with Crippen LogP contribution in [0.1, 0.15) is 208 Å². The molecule has 0 atom stereocenters. The van der Waals surface area contributed by atoms with Gasteiger partial charge in [-0.25, -0.2) is 64.3 Å². The molecule has 7 aromatic rings. The Hall–Kier alpha value is -8.38. The average molecular weight is 2070 g/mol. The number of alkyl halides is 1. The van der Waals surface area contributed by atoms with Crippen molar-refractivity contribution in [1.82, 2.24) is 0 Å². The Balaban J connectivity index is 0.000000301. The van der Waals surface area contributed by atoms with Gasteiger partial charge in [-0.3, -0.25) is 9.59 Å². The van der Waals surface area contributed by atoms with E-state index >= 15 is 0 Å². The van der Waals surface area contributed by atoms with Gasteiger partial charge in [-0.1, -0.05) is 85.7 Å². The molecule has 0 radical (unpaired) electrons. The standard InChI is InChI=1S/C17H22BFO6.C12H24B2O4.C11H10BrFO4.C9H7Br2FO2.C9H8BrFO2.C8H6BFO4.C8H6BrFO2.C8H7FO2/c1-10(20)23-9-11-7-14(19)12(15(21)22-6)8-13(11)18-24-16(2,3)17(4,5)25-18;1-9(2)10(3,4)16-13(15-9)14-17-11(5,6)12(7,8)18-14;1-6(14)17-5-7-3-10(13)8(4-9(7)12)11(15)16-2;1-14-9(13)6-3-7(11)5(4-10)2-8(6)12;1-5-3-8(11)6(4-7(5)10)9(12)13-2;10-7-1-4-3-14-9(13)6(4)2-5(7)8(11)12;1-4-2-7(10)5(8(11)12)3-6(4)9;1-5-2-3-6(8(10)11)7(9)4-5/h7-8H,9H2,1-6H3;1-8H3;3-4H,5H2,1-2H3;2-3H,4H2,1H3;3-4H,1-2H3;1-2,13H,3H2,(H,11,12);2-3H,1H3,(H,11,12);2-4H,1H3,(H,10,11). The van der Waals surface area contributed by atoms with Crippen LogP contribution < -0.4 is 10.9 Å². The predicted octanol–water partition coefficient (Wildman–Crippen LogP) is 16.8. The van der Waals surface area contributed by atoms with E-state index in [9.17, 15) is 78.9 Å². The van der Waals surface area contributed by atoms with Crippen LogP contribution in [0.3, 0.4) is 0 Å². The van der Waals surface area contributed by atoms with Gasteiger partial charge in [-0.2, -0.15) is 0 Å². The lowest BCUT2D eigenvalue weighted by Gasteiger charge is -2.32. The van der Waals surface area contributed by atoms with Gasteiger partial charge in [-0.15, -0.1) is 0 Å². The number of fused-ring (bicyclic) bond motifs is 1. The van der Waals surface area contributed by atoms with Crippen molar-refractivity contribution >= 4 is 173 Å². The number of aryl methyl sites for hydroxylation is 3. The van der Waals surface area contributed by atoms with Crippen LogP contribution in [0.25, 0.3) is 0 Å². The number of hydrogen-bond acceptors (Lipinski definition) is 23. The number of carbonyl (C=O) groups excluding carboxylic acids is 6. The molecule has 26 nitrogen and oxygen atoms in total. The Labute approximate surface area is 755 Å². The molecule has 4 N–H and O–H groups in total. The summed E-state index contributed by atoms with van der Waals surface area (Å²) >= 11 is 15.9. The van der Waals surface area contributed by atoms with Crippen molar-refractivity contribution in [2.75, 3.05) is 28.4 Å². The molecule has 4 aliphatic heterocycles. The van der Waals surface area contributed by atoms with Gasteiger partial charge in [0.1, 0.15) is 53.9 Å². The molecule has 11 rings (SSSR count). The van der Waals surface area contributed by atoms with Crippen molar-refractivity contribution in [2.24, 2.45) is 0 Å². The maximum atomic E-state index is 14.3. The summed E-state index contributed by atoms with van der Waals surface area (Å²) in [7, 11) is 1.84. The second-order valence-corrected chi connectivity index (χ2v) is 34.1. The summed E-state index contributed by atoms with van der Waals surface area (Å²) in [4.78, 5) is 98.1. The van der Waals surface area contributed by atoms with Gasteiger partial charge in [0.2, 0.25) is 0 Å². The van der Waals surface area contributed by atoms with Crippen LogP contribution in [-0.2, 0) is 95.7 Å². The zero-order valence-corrected chi connectivity index (χ0v) is 79.0. The average Bonchev–Trinajstić information content (AvgIpc) is 1.60. The van der Waals surface area contributed by atoms with Crippen molar-refractivity contribution < 1.29 is 155 Å². The first kappa shape index (κ1) is 108. The van der Waals surface area contributed by atoms with Crippen LogP contribution in [-0.4, -0.2) is 164 Å². The second kappa shape index (κ2) is 45.9. The minimum absolute atomic E-state index is 0.0556. The van der Waals surface area contributed by atoms with Gasteiger partial charge in [0.05, 0.1) is 108 Å². The van der Waals surface area contributed by atoms with Crippen molar-refractivity contribution in [2.45, 2.75) is 176 Å². The van der Waals surface area contributed by atoms with E-state index < -0.39 is 139 Å². The fourth-order valence-corrected chi connectivity index (χ4v) is 12.9. The molecule has 3 saturated heterocycles. The molecule has 0 spiro atoms. The van der Waals surface area contributed by atoms with Crippen LogP contribution in [0.4, 0.5) is 30.7 Å². The van der Waals surface area contributed by atoms with Crippen molar-refractivity contribution in [3.63, 3.8) is 0 Å². The molecule has 124 heavy (non-hydrogen) atoms. The number of methoxy groups -OCH3 is 4. The summed E-state index contributed by atoms with van der Waals surface area (Å²) in [5.41, 5.74) is 0.655. The molecule has 0 unspecified atom stereocenters. The Morgan fingerprint density at radius 2 is 0.685 bits per heavy atom. The van der Waals surface area contributed by atoms with E-state index in [1.165, 1.54) is 103 Å². The Morgan fingerprint density at radius 1 is 0.387 bits per heavy atom. The summed E-state index contributed by atoms with van der Waals surface area (Å²) < 4.78 is 164. The molecule has 42 heteroatoms. The highest BCUT2D eigenvalue weighted by atomic mass is 79.9. The number of ether oxygens (including phenoxy) is 6. The number of hydrogen-bond donors (Lipinski definition) is 4. The molecular formula is C82H90B4Br5F7O26. The third-order valence-electron chi connectivity index (χ3n) is 19.6. The SMILES string of the molecule is CC1(C)OB(B2OC(C)(C)C(C)(C)O2)OC1(C)C.COC(=O)c1cc(B2OC(C)(C)C(C)(C)O2)c(COC(C)=O)cc1F.COC(=O)c1cc(Br)c(C)cc1F.COC(=O)c1cc(Br)c(CBr)cc1F.COC(=O)c1cc(Br)c(COC(C)=O)cc1F.Cc1cc(F)c(C(=O)O)cc1Br.Cc1ccc(C(=O)O)c(F)c1.O=C(O)c1cc2c(cc1F)COB2O. The van der Waals surface area contributed by atoms with E-state index in [0.29, 0.717) is 62.0 Å². The molecule has 0 saturated carbocycles. The number of carboxylic acids is 3. The Morgan fingerprint density at radius 3 is 1.06 bits per heavy atom. The fourth-order valence-electron chi connectivity index (χ4n) is 10.4. The van der Waals surface area contributed by atoms with Crippen LogP contribution in [0.5, 0.6) is 0 Å². The summed E-state index contributed by atoms with van der Waals surface area (Å²) in [6, 6.07) is 18.9. The number of carboxylic acid groups (broad SMARTS) is 3. The van der Waals surface area contributed by atoms with Crippen molar-refractivity contribution in [1.29, 1.82) is 0 Å². The number of esters is 6. The number of carbonyl (C=O) groups is 9. The van der Waals surface area contributed by atoms with Gasteiger partial charge >= 0.3 is 82.0 Å². The molecule has 4 heterocycles. The molecule has 670 valence electrons. The topological polar surface area (TPSA) is 355 Å². The first-order valence-electron chi connectivity index (χ1n) is 36.7. The molecule has 0 amide bonds. The van der Waals surface area contributed by atoms with Crippen LogP contribution in [0.2, 0.25) is 0 Å². The van der Waals surface area contributed by atoms with E-state index in [1.807, 2.05) is 83.1 Å². The monoisotopic (exact) mass is 2060 g/mol. The fraction of sp³-hybridized carbons (Fsp3) is 0.378. The summed E-state index contributed by atoms with van der Waals surface area (Å²) in [5, 5.41) is 35.3. The van der Waals surface area contributed by atoms with Gasteiger partial charge < -0.3 is 81.3 Å². The van der Waals surface area contributed by atoms with E-state index in [1.54, 1.807) is 26.8 Å². The molecule has 3 fully saturated rings. The highest BCUT2D eigenvalue weighted by Gasteiger charge is 2.64. The Kier molecular flexibility index (Phi) is 39.9. The largest absolute Gasteiger partial charge is 0.495 e. The molecule has 0 aromatic heterocycles. The lowest BCUT2D eigenvalue weighted by Crippen LogP contribution is -2.41. The minimum atomic E-state index is -1.36. The first-order valence-corrected chi connectivity index (χ1v) is 41.0. The number of aromatic carboxylic acids is 3. The summed E-state index contributed by atoms with van der Waals surface area (Å²) in [5.74, 6) is -12.6. The number of benzene rings is 7. The van der Waals surface area contributed by atoms with Crippen molar-refractivity contribution in [3.8, 4) is 0 Å². The zero-order chi connectivity index (χ0) is 94.7. The predicted molar refractivity (Wildman–Crippen MR) is 460 cm³/mol. The lowest BCUT2D eigenvalue weighted by molar-refractivity contribution is -0.143. The number of rotatable bonds is 14. The van der Waals surface area contributed by atoms with Gasteiger partial charge in [0, 0.05) is 42.6 Å². The second-order valence-electron chi connectivity index (χ2n) is 30.1. The number of halogens is 12. The maximum absolute atomic E-state index is 14.3. The smallest absolute Gasteiger partial charge is 0.478 e. The molecule has 0 aliphatic carbocycles.